The Labute approximate surface area is 91.9 Å². The van der Waals surface area contributed by atoms with Crippen LogP contribution in [-0.2, 0) is 0 Å². The maximum Gasteiger partial charge on any atom is 1.00 e. The molecule has 1 aliphatic rings. The first-order valence-electron chi connectivity index (χ1n) is 2.43. The largest absolute Gasteiger partial charge is 1.00 e. The van der Waals surface area contributed by atoms with Crippen LogP contribution >= 0.6 is 0 Å². The molecule has 0 spiro atoms. The first-order chi connectivity index (χ1) is 3.39. The van der Waals surface area contributed by atoms with Crippen LogP contribution in [-0.4, -0.2) is 0 Å². The fraction of sp³-hybridized carbons (Fsp3) is 0.333. The molecule has 2 heteroatoms. The zero-order valence-electron chi connectivity index (χ0n) is 5.05. The van der Waals surface area contributed by atoms with Gasteiger partial charge in [0.2, 0.25) is 0 Å². The molecule has 0 amide bonds. The van der Waals surface area contributed by atoms with Crippen molar-refractivity contribution in [2.75, 3.05) is 0 Å². The Morgan fingerprint density at radius 2 is 2.12 bits per heavy atom. The number of hydrogen-bond donors (Lipinski definition) is 0. The maximum absolute atomic E-state index is 10.3. The van der Waals surface area contributed by atoms with Crippen LogP contribution in [0.5, 0.6) is 0 Å². The van der Waals surface area contributed by atoms with Crippen molar-refractivity contribution in [2.24, 2.45) is 0 Å². The SMILES string of the molecule is [K+].[O-]C1=CCCC=C1. The first-order valence-corrected chi connectivity index (χ1v) is 2.43. The molecule has 0 heterocycles. The van der Waals surface area contributed by atoms with Gasteiger partial charge in [-0.3, -0.25) is 0 Å². The van der Waals surface area contributed by atoms with E-state index in [1.807, 2.05) is 6.08 Å². The van der Waals surface area contributed by atoms with E-state index in [-0.39, 0.29) is 57.1 Å². The molecule has 0 bridgehead atoms. The fourth-order valence-electron chi connectivity index (χ4n) is 0.589. The van der Waals surface area contributed by atoms with Crippen LogP contribution in [0.15, 0.2) is 24.0 Å². The molecule has 1 rings (SSSR count). The van der Waals surface area contributed by atoms with E-state index in [4.69, 9.17) is 0 Å². The van der Waals surface area contributed by atoms with Gasteiger partial charge in [0.15, 0.2) is 0 Å². The molecule has 0 aromatic rings. The third-order valence-electron chi connectivity index (χ3n) is 0.961. The predicted molar refractivity (Wildman–Crippen MR) is 26.5 cm³/mol. The third kappa shape index (κ3) is 3.05. The van der Waals surface area contributed by atoms with Gasteiger partial charge in [0, 0.05) is 0 Å². The van der Waals surface area contributed by atoms with Crippen molar-refractivity contribution in [3.8, 4) is 0 Å². The molecular formula is C6H7KO. The average Bonchev–Trinajstić information content (AvgIpc) is 1.69. The smallest absolute Gasteiger partial charge is 0.873 e. The van der Waals surface area contributed by atoms with Crippen molar-refractivity contribution in [3.05, 3.63) is 24.0 Å². The zero-order valence-corrected chi connectivity index (χ0v) is 8.18. The monoisotopic (exact) mass is 134 g/mol. The quantitative estimate of drug-likeness (QED) is 0.338. The van der Waals surface area contributed by atoms with Crippen molar-refractivity contribution in [1.82, 2.24) is 0 Å². The van der Waals surface area contributed by atoms with Gasteiger partial charge >= 0.3 is 51.4 Å². The molecule has 0 aliphatic heterocycles. The van der Waals surface area contributed by atoms with E-state index in [1.165, 1.54) is 0 Å². The number of hydrogen-bond acceptors (Lipinski definition) is 1. The van der Waals surface area contributed by atoms with Crippen molar-refractivity contribution < 1.29 is 56.5 Å². The summed E-state index contributed by atoms with van der Waals surface area (Å²) in [5.41, 5.74) is 0. The Kier molecular flexibility index (Phi) is 5.31. The Morgan fingerprint density at radius 3 is 2.38 bits per heavy atom. The summed E-state index contributed by atoms with van der Waals surface area (Å²) in [6.07, 6.45) is 7.19. The van der Waals surface area contributed by atoms with Crippen LogP contribution < -0.4 is 56.5 Å². The van der Waals surface area contributed by atoms with Gasteiger partial charge < -0.3 is 5.11 Å². The van der Waals surface area contributed by atoms with Crippen molar-refractivity contribution >= 4 is 0 Å². The summed E-state index contributed by atoms with van der Waals surface area (Å²) in [5, 5.41) is 10.3. The molecule has 0 unspecified atom stereocenters. The van der Waals surface area contributed by atoms with Crippen LogP contribution in [0.2, 0.25) is 0 Å². The van der Waals surface area contributed by atoms with Crippen molar-refractivity contribution in [2.45, 2.75) is 12.8 Å². The van der Waals surface area contributed by atoms with Crippen LogP contribution in [0, 0.1) is 0 Å². The zero-order chi connectivity index (χ0) is 5.11. The predicted octanol–water partition coefficient (Wildman–Crippen LogP) is -2.42. The van der Waals surface area contributed by atoms with Gasteiger partial charge in [0.05, 0.1) is 0 Å². The summed E-state index contributed by atoms with van der Waals surface area (Å²) < 4.78 is 0. The van der Waals surface area contributed by atoms with Crippen molar-refractivity contribution in [3.63, 3.8) is 0 Å². The van der Waals surface area contributed by atoms with E-state index in [0.717, 1.165) is 12.8 Å². The normalized spacial score (nSPS) is 16.8. The summed E-state index contributed by atoms with van der Waals surface area (Å²) in [6.45, 7) is 0. The Balaban J connectivity index is 0.000000490. The second-order valence-electron chi connectivity index (χ2n) is 1.59. The Morgan fingerprint density at radius 1 is 1.38 bits per heavy atom. The average molecular weight is 134 g/mol. The molecule has 0 saturated heterocycles. The van der Waals surface area contributed by atoms with Crippen LogP contribution in [0.1, 0.15) is 12.8 Å². The second kappa shape index (κ2) is 4.76. The maximum atomic E-state index is 10.3. The molecule has 0 saturated carbocycles. The molecule has 1 nitrogen and oxygen atoms in total. The topological polar surface area (TPSA) is 23.1 Å². The molecule has 0 radical (unpaired) electrons. The number of rotatable bonds is 0. The Bertz CT molecular complexity index is 116. The molecule has 0 fully saturated rings. The van der Waals surface area contributed by atoms with E-state index in [9.17, 15) is 5.11 Å². The molecule has 1 aliphatic carbocycles. The van der Waals surface area contributed by atoms with E-state index in [1.54, 1.807) is 12.2 Å². The van der Waals surface area contributed by atoms with E-state index in [2.05, 4.69) is 0 Å². The van der Waals surface area contributed by atoms with Gasteiger partial charge in [0.25, 0.3) is 0 Å². The molecule has 8 heavy (non-hydrogen) atoms. The van der Waals surface area contributed by atoms with E-state index in [0.29, 0.717) is 0 Å². The van der Waals surface area contributed by atoms with Gasteiger partial charge in [-0.25, -0.2) is 0 Å². The third-order valence-corrected chi connectivity index (χ3v) is 0.961. The fourth-order valence-corrected chi connectivity index (χ4v) is 0.589. The van der Waals surface area contributed by atoms with Crippen LogP contribution in [0.4, 0.5) is 0 Å². The van der Waals surface area contributed by atoms with Gasteiger partial charge in [-0.15, -0.1) is 5.76 Å². The van der Waals surface area contributed by atoms with Gasteiger partial charge in [-0.05, 0) is 12.8 Å². The minimum atomic E-state index is 0. The standard InChI is InChI=1S/C6H8O.K/c7-6-4-2-1-3-5-6;/h2,4-5,7H,1,3H2;/q;+1/p-1. The van der Waals surface area contributed by atoms with Crippen LogP contribution in [0.3, 0.4) is 0 Å². The summed E-state index contributed by atoms with van der Waals surface area (Å²) >= 11 is 0. The van der Waals surface area contributed by atoms with E-state index >= 15 is 0 Å². The molecule has 0 aromatic carbocycles. The summed E-state index contributed by atoms with van der Waals surface area (Å²) in [7, 11) is 0. The van der Waals surface area contributed by atoms with Crippen LogP contribution in [0.25, 0.3) is 0 Å². The molecule has 38 valence electrons. The Hall–Kier alpha value is 0.916. The summed E-state index contributed by atoms with van der Waals surface area (Å²) in [6, 6.07) is 0. The van der Waals surface area contributed by atoms with Gasteiger partial charge in [-0.1, -0.05) is 18.2 Å². The summed E-state index contributed by atoms with van der Waals surface area (Å²) in [4.78, 5) is 0. The minimum Gasteiger partial charge on any atom is -0.873 e. The van der Waals surface area contributed by atoms with Gasteiger partial charge in [-0.2, -0.15) is 0 Å². The molecule has 0 N–H and O–H groups in total. The molecular weight excluding hydrogens is 127 g/mol. The molecule has 0 atom stereocenters. The van der Waals surface area contributed by atoms with E-state index < -0.39 is 0 Å². The second-order valence-corrected chi connectivity index (χ2v) is 1.59. The summed E-state index contributed by atoms with van der Waals surface area (Å²) in [5.74, 6) is 0.159. The van der Waals surface area contributed by atoms with Crippen molar-refractivity contribution in [1.29, 1.82) is 0 Å². The van der Waals surface area contributed by atoms with Gasteiger partial charge in [0.1, 0.15) is 0 Å². The first kappa shape index (κ1) is 8.92. The minimum absolute atomic E-state index is 0. The number of allylic oxidation sites excluding steroid dienone is 3. The molecule has 0 aromatic heterocycles.